The van der Waals surface area contributed by atoms with Gasteiger partial charge < -0.3 is 5.32 Å². The van der Waals surface area contributed by atoms with Gasteiger partial charge in [0.15, 0.2) is 0 Å². The summed E-state index contributed by atoms with van der Waals surface area (Å²) < 4.78 is 27.7. The summed E-state index contributed by atoms with van der Waals surface area (Å²) in [6.45, 7) is 1.73. The van der Waals surface area contributed by atoms with Gasteiger partial charge in [0, 0.05) is 10.2 Å². The Labute approximate surface area is 168 Å². The molecule has 0 aliphatic heterocycles. The van der Waals surface area contributed by atoms with Crippen LogP contribution in [0.2, 0.25) is 0 Å². The molecular weight excluding hydrogens is 428 g/mol. The van der Waals surface area contributed by atoms with Gasteiger partial charge in [-0.05, 0) is 62.2 Å². The minimum absolute atomic E-state index is 0.0843. The third-order valence-electron chi connectivity index (χ3n) is 5.29. The number of amides is 1. The average molecular weight is 451 g/mol. The van der Waals surface area contributed by atoms with Gasteiger partial charge in [0.05, 0.1) is 10.3 Å². The standard InChI is InChI=1S/C20H23BrN2O3S/c1-14-5-10-17(13-18(14)27(25,26)22-2)23-19(24)20(11-3-4-12-20)15-6-8-16(21)9-7-15/h5-10,13,22H,3-4,11-12H2,1-2H3,(H,23,24). The van der Waals surface area contributed by atoms with E-state index in [1.54, 1.807) is 19.1 Å². The highest BCUT2D eigenvalue weighted by Crippen LogP contribution is 2.42. The summed E-state index contributed by atoms with van der Waals surface area (Å²) >= 11 is 3.44. The largest absolute Gasteiger partial charge is 0.325 e. The van der Waals surface area contributed by atoms with Gasteiger partial charge in [0.2, 0.25) is 15.9 Å². The molecule has 2 N–H and O–H groups in total. The molecule has 0 unspecified atom stereocenters. The minimum atomic E-state index is -3.58. The zero-order chi connectivity index (χ0) is 19.7. The molecule has 0 heterocycles. The van der Waals surface area contributed by atoms with Gasteiger partial charge in [-0.15, -0.1) is 0 Å². The summed E-state index contributed by atoms with van der Waals surface area (Å²) in [7, 11) is -2.21. The first-order chi connectivity index (χ1) is 12.8. The smallest absolute Gasteiger partial charge is 0.240 e. The summed E-state index contributed by atoms with van der Waals surface area (Å²) in [5.74, 6) is -0.0843. The summed E-state index contributed by atoms with van der Waals surface area (Å²) in [6, 6.07) is 12.8. The molecule has 5 nitrogen and oxygen atoms in total. The highest BCUT2D eigenvalue weighted by atomic mass is 79.9. The topological polar surface area (TPSA) is 75.3 Å². The van der Waals surface area contributed by atoms with Crippen molar-refractivity contribution in [1.82, 2.24) is 4.72 Å². The van der Waals surface area contributed by atoms with Crippen LogP contribution in [0, 0.1) is 6.92 Å². The van der Waals surface area contributed by atoms with Gasteiger partial charge in [-0.3, -0.25) is 4.79 Å². The first-order valence-corrected chi connectivity index (χ1v) is 11.2. The molecule has 1 saturated carbocycles. The van der Waals surface area contributed by atoms with Crippen molar-refractivity contribution in [2.45, 2.75) is 42.9 Å². The number of hydrogen-bond donors (Lipinski definition) is 2. The predicted octanol–water partition coefficient (Wildman–Crippen LogP) is 4.12. The van der Waals surface area contributed by atoms with Crippen molar-refractivity contribution in [3.63, 3.8) is 0 Å². The van der Waals surface area contributed by atoms with Crippen LogP contribution in [0.3, 0.4) is 0 Å². The lowest BCUT2D eigenvalue weighted by Gasteiger charge is -2.28. The number of halogens is 1. The monoisotopic (exact) mass is 450 g/mol. The molecule has 1 fully saturated rings. The molecule has 0 saturated heterocycles. The van der Waals surface area contributed by atoms with E-state index in [9.17, 15) is 13.2 Å². The van der Waals surface area contributed by atoms with Crippen LogP contribution in [-0.4, -0.2) is 21.4 Å². The van der Waals surface area contributed by atoms with Crippen molar-refractivity contribution in [3.05, 3.63) is 58.1 Å². The van der Waals surface area contributed by atoms with Crippen molar-refractivity contribution in [3.8, 4) is 0 Å². The second-order valence-corrected chi connectivity index (χ2v) is 9.71. The third-order valence-corrected chi connectivity index (χ3v) is 7.38. The van der Waals surface area contributed by atoms with E-state index >= 15 is 0 Å². The number of benzene rings is 2. The Morgan fingerprint density at radius 2 is 1.70 bits per heavy atom. The Balaban J connectivity index is 1.94. The number of anilines is 1. The van der Waals surface area contributed by atoms with Crippen LogP contribution in [0.25, 0.3) is 0 Å². The number of sulfonamides is 1. The molecule has 1 amide bonds. The van der Waals surface area contributed by atoms with Crippen LogP contribution in [0.15, 0.2) is 51.8 Å². The molecule has 0 radical (unpaired) electrons. The van der Waals surface area contributed by atoms with Crippen LogP contribution in [0.4, 0.5) is 5.69 Å². The molecule has 2 aromatic carbocycles. The van der Waals surface area contributed by atoms with E-state index in [2.05, 4.69) is 26.0 Å². The lowest BCUT2D eigenvalue weighted by atomic mass is 9.78. The quantitative estimate of drug-likeness (QED) is 0.719. The maximum Gasteiger partial charge on any atom is 0.240 e. The van der Waals surface area contributed by atoms with E-state index < -0.39 is 15.4 Å². The van der Waals surface area contributed by atoms with Crippen LogP contribution in [-0.2, 0) is 20.2 Å². The van der Waals surface area contributed by atoms with E-state index in [-0.39, 0.29) is 10.8 Å². The van der Waals surface area contributed by atoms with Gasteiger partial charge in [0.1, 0.15) is 0 Å². The predicted molar refractivity (Wildman–Crippen MR) is 110 cm³/mol. The second kappa shape index (κ2) is 7.73. The Kier molecular flexibility index (Phi) is 5.74. The normalized spacial score (nSPS) is 16.3. The van der Waals surface area contributed by atoms with E-state index in [4.69, 9.17) is 0 Å². The average Bonchev–Trinajstić information content (AvgIpc) is 3.15. The molecule has 1 aliphatic rings. The number of hydrogen-bond acceptors (Lipinski definition) is 3. The zero-order valence-corrected chi connectivity index (χ0v) is 17.8. The molecule has 144 valence electrons. The van der Waals surface area contributed by atoms with Gasteiger partial charge in [0.25, 0.3) is 0 Å². The van der Waals surface area contributed by atoms with Crippen molar-refractivity contribution in [2.75, 3.05) is 12.4 Å². The highest BCUT2D eigenvalue weighted by Gasteiger charge is 2.42. The Hall–Kier alpha value is -1.70. The fraction of sp³-hybridized carbons (Fsp3) is 0.350. The van der Waals surface area contributed by atoms with E-state index in [0.29, 0.717) is 11.3 Å². The van der Waals surface area contributed by atoms with Crippen LogP contribution in [0.5, 0.6) is 0 Å². The summed E-state index contributed by atoms with van der Waals surface area (Å²) in [6.07, 6.45) is 3.57. The highest BCUT2D eigenvalue weighted by molar-refractivity contribution is 9.10. The van der Waals surface area contributed by atoms with Crippen LogP contribution in [0.1, 0.15) is 36.8 Å². The van der Waals surface area contributed by atoms with Gasteiger partial charge in [-0.2, -0.15) is 0 Å². The summed E-state index contributed by atoms with van der Waals surface area (Å²) in [5.41, 5.74) is 1.54. The number of carbonyl (C=O) groups excluding carboxylic acids is 1. The minimum Gasteiger partial charge on any atom is -0.325 e. The third kappa shape index (κ3) is 3.95. The van der Waals surface area contributed by atoms with Crippen LogP contribution >= 0.6 is 15.9 Å². The Bertz CT molecular complexity index is 950. The van der Waals surface area contributed by atoms with E-state index in [1.165, 1.54) is 13.1 Å². The molecule has 1 aliphatic carbocycles. The number of aryl methyl sites for hydroxylation is 1. The number of carbonyl (C=O) groups is 1. The van der Waals surface area contributed by atoms with Gasteiger partial charge in [-0.25, -0.2) is 13.1 Å². The lowest BCUT2D eigenvalue weighted by molar-refractivity contribution is -0.121. The second-order valence-electron chi connectivity index (χ2n) is 6.94. The molecule has 2 aromatic rings. The molecule has 7 heteroatoms. The van der Waals surface area contributed by atoms with Gasteiger partial charge >= 0.3 is 0 Å². The van der Waals surface area contributed by atoms with Crippen LogP contribution < -0.4 is 10.0 Å². The maximum atomic E-state index is 13.2. The Morgan fingerprint density at radius 3 is 2.30 bits per heavy atom. The first-order valence-electron chi connectivity index (χ1n) is 8.90. The molecule has 27 heavy (non-hydrogen) atoms. The molecule has 3 rings (SSSR count). The number of rotatable bonds is 5. The molecule has 0 aromatic heterocycles. The van der Waals surface area contributed by atoms with Crippen molar-refractivity contribution in [2.24, 2.45) is 0 Å². The fourth-order valence-corrected chi connectivity index (χ4v) is 4.98. The van der Waals surface area contributed by atoms with E-state index in [1.807, 2.05) is 24.3 Å². The van der Waals surface area contributed by atoms with Gasteiger partial charge in [-0.1, -0.05) is 47.0 Å². The van der Waals surface area contributed by atoms with E-state index in [0.717, 1.165) is 35.7 Å². The molecule has 0 atom stereocenters. The first kappa shape index (κ1) is 20.0. The fourth-order valence-electron chi connectivity index (χ4n) is 3.72. The Morgan fingerprint density at radius 1 is 1.07 bits per heavy atom. The maximum absolute atomic E-state index is 13.2. The summed E-state index contributed by atoms with van der Waals surface area (Å²) in [5, 5.41) is 2.96. The zero-order valence-electron chi connectivity index (χ0n) is 15.4. The molecule has 0 spiro atoms. The SMILES string of the molecule is CNS(=O)(=O)c1cc(NC(=O)C2(c3ccc(Br)cc3)CCCC2)ccc1C. The number of nitrogens with one attached hydrogen (secondary N) is 2. The lowest BCUT2D eigenvalue weighted by Crippen LogP contribution is -2.38. The van der Waals surface area contributed by atoms with Crippen molar-refractivity contribution >= 4 is 37.5 Å². The van der Waals surface area contributed by atoms with Crippen molar-refractivity contribution in [1.29, 1.82) is 0 Å². The molecule has 0 bridgehead atoms. The van der Waals surface area contributed by atoms with Crippen molar-refractivity contribution < 1.29 is 13.2 Å². The summed E-state index contributed by atoms with van der Waals surface area (Å²) in [4.78, 5) is 13.4. The molecular formula is C20H23BrN2O3S.